The summed E-state index contributed by atoms with van der Waals surface area (Å²) in [6.07, 6.45) is 0.308. The lowest BCUT2D eigenvalue weighted by atomic mass is 10.2. The minimum Gasteiger partial charge on any atom is -0.476 e. The highest BCUT2D eigenvalue weighted by molar-refractivity contribution is 5.79. The summed E-state index contributed by atoms with van der Waals surface area (Å²) in [7, 11) is 0. The van der Waals surface area contributed by atoms with E-state index in [0.717, 1.165) is 12.4 Å². The first-order valence-electron chi connectivity index (χ1n) is 3.41. The molecule has 0 amide bonds. The van der Waals surface area contributed by atoms with Gasteiger partial charge in [-0.3, -0.25) is 4.99 Å². The second kappa shape index (κ2) is 2.38. The van der Waals surface area contributed by atoms with Gasteiger partial charge in [0.1, 0.15) is 6.10 Å². The molecule has 0 bridgehead atoms. The lowest BCUT2D eigenvalue weighted by Crippen LogP contribution is -2.12. The summed E-state index contributed by atoms with van der Waals surface area (Å²) in [5.41, 5.74) is 0. The Morgan fingerprint density at radius 1 is 1.67 bits per heavy atom. The zero-order valence-electron chi connectivity index (χ0n) is 6.22. The van der Waals surface area contributed by atoms with Crippen molar-refractivity contribution in [2.24, 2.45) is 10.9 Å². The highest BCUT2D eigenvalue weighted by Crippen LogP contribution is 2.09. The molecule has 0 aromatic rings. The van der Waals surface area contributed by atoms with Crippen LogP contribution in [0.3, 0.4) is 0 Å². The number of nitrogens with zero attached hydrogens (tertiary/aromatic N) is 1. The molecule has 0 saturated carbocycles. The van der Waals surface area contributed by atoms with Crippen LogP contribution < -0.4 is 0 Å². The molecule has 0 saturated heterocycles. The summed E-state index contributed by atoms with van der Waals surface area (Å²) in [5.74, 6) is 1.37. The molecule has 0 radical (unpaired) electrons. The molecule has 1 aliphatic rings. The van der Waals surface area contributed by atoms with Gasteiger partial charge >= 0.3 is 0 Å². The first-order valence-corrected chi connectivity index (χ1v) is 3.41. The molecule has 2 nitrogen and oxygen atoms in total. The Morgan fingerprint density at radius 3 is 2.56 bits per heavy atom. The number of aliphatic imine (C=N–C) groups is 1. The Hall–Kier alpha value is -0.530. The van der Waals surface area contributed by atoms with E-state index in [4.69, 9.17) is 4.74 Å². The summed E-state index contributed by atoms with van der Waals surface area (Å²) >= 11 is 0. The predicted octanol–water partition coefficient (Wildman–Crippen LogP) is 1.46. The molecule has 52 valence electrons. The van der Waals surface area contributed by atoms with E-state index in [1.807, 2.05) is 6.92 Å². The van der Waals surface area contributed by atoms with Crippen LogP contribution in [0.1, 0.15) is 20.8 Å². The molecule has 0 spiro atoms. The smallest absolute Gasteiger partial charge is 0.186 e. The SMILES string of the molecule is CC1CN=C(C(C)C)O1. The van der Waals surface area contributed by atoms with Crippen LogP contribution in [0.4, 0.5) is 0 Å². The highest BCUT2D eigenvalue weighted by Gasteiger charge is 2.16. The third-order valence-corrected chi connectivity index (χ3v) is 1.32. The lowest BCUT2D eigenvalue weighted by Gasteiger charge is -2.06. The Labute approximate surface area is 55.9 Å². The molecule has 0 fully saturated rings. The van der Waals surface area contributed by atoms with E-state index < -0.39 is 0 Å². The second-order valence-corrected chi connectivity index (χ2v) is 2.76. The zero-order chi connectivity index (χ0) is 6.85. The third-order valence-electron chi connectivity index (χ3n) is 1.32. The largest absolute Gasteiger partial charge is 0.476 e. The third kappa shape index (κ3) is 1.44. The molecule has 0 aromatic heterocycles. The predicted molar refractivity (Wildman–Crippen MR) is 37.7 cm³/mol. The summed E-state index contributed by atoms with van der Waals surface area (Å²) in [4.78, 5) is 4.21. The summed E-state index contributed by atoms with van der Waals surface area (Å²) in [5, 5.41) is 0. The molecule has 1 atom stereocenters. The first-order chi connectivity index (χ1) is 4.20. The van der Waals surface area contributed by atoms with E-state index in [9.17, 15) is 0 Å². The zero-order valence-corrected chi connectivity index (χ0v) is 6.22. The molecule has 2 heteroatoms. The monoisotopic (exact) mass is 127 g/mol. The van der Waals surface area contributed by atoms with Crippen molar-refractivity contribution in [1.29, 1.82) is 0 Å². The molecule has 1 unspecified atom stereocenters. The van der Waals surface area contributed by atoms with Crippen LogP contribution in [-0.2, 0) is 4.74 Å². The van der Waals surface area contributed by atoms with Gasteiger partial charge < -0.3 is 4.74 Å². The van der Waals surface area contributed by atoms with Crippen LogP contribution in [0.15, 0.2) is 4.99 Å². The summed E-state index contributed by atoms with van der Waals surface area (Å²) < 4.78 is 5.37. The quantitative estimate of drug-likeness (QED) is 0.522. The molecule has 1 aliphatic heterocycles. The number of rotatable bonds is 1. The van der Waals surface area contributed by atoms with Crippen LogP contribution in [0.2, 0.25) is 0 Å². The Balaban J connectivity index is 2.45. The Kier molecular flexibility index (Phi) is 1.74. The van der Waals surface area contributed by atoms with E-state index in [1.165, 1.54) is 0 Å². The fraction of sp³-hybridized carbons (Fsp3) is 0.857. The van der Waals surface area contributed by atoms with Gasteiger partial charge in [0.15, 0.2) is 5.90 Å². The number of ether oxygens (including phenoxy) is 1. The lowest BCUT2D eigenvalue weighted by molar-refractivity contribution is 0.233. The van der Waals surface area contributed by atoms with Gasteiger partial charge in [-0.15, -0.1) is 0 Å². The van der Waals surface area contributed by atoms with Crippen molar-refractivity contribution in [2.45, 2.75) is 26.9 Å². The van der Waals surface area contributed by atoms with Crippen molar-refractivity contribution in [2.75, 3.05) is 6.54 Å². The van der Waals surface area contributed by atoms with Gasteiger partial charge in [-0.25, -0.2) is 0 Å². The molecule has 9 heavy (non-hydrogen) atoms. The van der Waals surface area contributed by atoms with E-state index in [-0.39, 0.29) is 0 Å². The van der Waals surface area contributed by atoms with Crippen molar-refractivity contribution in [3.63, 3.8) is 0 Å². The van der Waals surface area contributed by atoms with Gasteiger partial charge in [-0.05, 0) is 6.92 Å². The first kappa shape index (κ1) is 6.59. The van der Waals surface area contributed by atoms with Crippen LogP contribution in [-0.4, -0.2) is 18.5 Å². The topological polar surface area (TPSA) is 21.6 Å². The van der Waals surface area contributed by atoms with Crippen molar-refractivity contribution >= 4 is 5.90 Å². The van der Waals surface area contributed by atoms with Gasteiger partial charge in [-0.2, -0.15) is 0 Å². The van der Waals surface area contributed by atoms with Crippen LogP contribution >= 0.6 is 0 Å². The average molecular weight is 127 g/mol. The Morgan fingerprint density at radius 2 is 2.33 bits per heavy atom. The van der Waals surface area contributed by atoms with Crippen molar-refractivity contribution < 1.29 is 4.74 Å². The summed E-state index contributed by atoms with van der Waals surface area (Å²) in [6, 6.07) is 0. The van der Waals surface area contributed by atoms with Crippen LogP contribution in [0.25, 0.3) is 0 Å². The molecule has 0 N–H and O–H groups in total. The normalized spacial score (nSPS) is 26.2. The molecule has 0 aliphatic carbocycles. The maximum absolute atomic E-state index is 5.37. The second-order valence-electron chi connectivity index (χ2n) is 2.76. The van der Waals surface area contributed by atoms with E-state index in [1.54, 1.807) is 0 Å². The van der Waals surface area contributed by atoms with Gasteiger partial charge in [0.25, 0.3) is 0 Å². The van der Waals surface area contributed by atoms with Crippen molar-refractivity contribution in [3.05, 3.63) is 0 Å². The van der Waals surface area contributed by atoms with E-state index in [0.29, 0.717) is 12.0 Å². The fourth-order valence-corrected chi connectivity index (χ4v) is 0.818. The molecular formula is C7H13NO. The molecule has 0 aromatic carbocycles. The van der Waals surface area contributed by atoms with Crippen LogP contribution in [0, 0.1) is 5.92 Å². The minimum atomic E-state index is 0.308. The maximum atomic E-state index is 5.37. The number of hydrogen-bond acceptors (Lipinski definition) is 2. The summed E-state index contributed by atoms with van der Waals surface area (Å²) in [6.45, 7) is 7.07. The standard InChI is InChI=1S/C7H13NO/c1-5(2)7-8-4-6(3)9-7/h5-6H,4H2,1-3H3. The highest BCUT2D eigenvalue weighted by atomic mass is 16.5. The number of hydrogen-bond donors (Lipinski definition) is 0. The van der Waals surface area contributed by atoms with Gasteiger partial charge in [-0.1, -0.05) is 13.8 Å². The average Bonchev–Trinajstić information content (AvgIpc) is 2.14. The minimum absolute atomic E-state index is 0.308. The molecule has 1 rings (SSSR count). The van der Waals surface area contributed by atoms with Crippen LogP contribution in [0.5, 0.6) is 0 Å². The van der Waals surface area contributed by atoms with E-state index in [2.05, 4.69) is 18.8 Å². The Bertz CT molecular complexity index is 129. The fourth-order valence-electron chi connectivity index (χ4n) is 0.818. The molecule has 1 heterocycles. The van der Waals surface area contributed by atoms with Gasteiger partial charge in [0.2, 0.25) is 0 Å². The van der Waals surface area contributed by atoms with Crippen molar-refractivity contribution in [1.82, 2.24) is 0 Å². The van der Waals surface area contributed by atoms with Gasteiger partial charge in [0, 0.05) is 5.92 Å². The maximum Gasteiger partial charge on any atom is 0.186 e. The van der Waals surface area contributed by atoms with Crippen molar-refractivity contribution in [3.8, 4) is 0 Å². The van der Waals surface area contributed by atoms with E-state index >= 15 is 0 Å². The molecular weight excluding hydrogens is 114 g/mol. The van der Waals surface area contributed by atoms with Gasteiger partial charge in [0.05, 0.1) is 6.54 Å².